The van der Waals surface area contributed by atoms with Crippen molar-refractivity contribution in [3.8, 4) is 5.75 Å². The van der Waals surface area contributed by atoms with Crippen LogP contribution in [-0.2, 0) is 4.74 Å². The number of rotatable bonds is 6. The van der Waals surface area contributed by atoms with Crippen LogP contribution in [0, 0.1) is 5.92 Å². The third kappa shape index (κ3) is 5.22. The van der Waals surface area contributed by atoms with Gasteiger partial charge in [-0.25, -0.2) is 4.79 Å². The van der Waals surface area contributed by atoms with Gasteiger partial charge in [-0.2, -0.15) is 0 Å². The normalized spacial score (nSPS) is 21.2. The molecule has 0 spiro atoms. The Balaban J connectivity index is 1.78. The molecule has 0 aliphatic heterocycles. The fourth-order valence-corrected chi connectivity index (χ4v) is 2.74. The Bertz CT molecular complexity index is 461. The van der Waals surface area contributed by atoms with Crippen LogP contribution in [0.15, 0.2) is 24.3 Å². The minimum Gasteiger partial charge on any atom is -0.491 e. The molecule has 2 rings (SSSR count). The van der Waals surface area contributed by atoms with E-state index in [0.717, 1.165) is 17.9 Å². The van der Waals surface area contributed by atoms with E-state index in [9.17, 15) is 4.79 Å². The Morgan fingerprint density at radius 1 is 1.18 bits per heavy atom. The van der Waals surface area contributed by atoms with E-state index in [4.69, 9.17) is 9.47 Å². The van der Waals surface area contributed by atoms with Crippen LogP contribution in [0.2, 0.25) is 0 Å². The lowest BCUT2D eigenvalue weighted by Gasteiger charge is -2.29. The number of amides is 2. The minimum atomic E-state index is -0.133. The number of urea groups is 1. The van der Waals surface area contributed by atoms with E-state index in [-0.39, 0.29) is 12.1 Å². The van der Waals surface area contributed by atoms with E-state index in [1.165, 1.54) is 19.3 Å². The molecule has 0 saturated heterocycles. The van der Waals surface area contributed by atoms with Gasteiger partial charge in [-0.1, -0.05) is 19.8 Å². The van der Waals surface area contributed by atoms with E-state index in [2.05, 4.69) is 17.6 Å². The first-order valence-electron chi connectivity index (χ1n) is 7.98. The van der Waals surface area contributed by atoms with Crippen LogP contribution in [0.25, 0.3) is 0 Å². The zero-order valence-corrected chi connectivity index (χ0v) is 13.4. The summed E-state index contributed by atoms with van der Waals surface area (Å²) in [5.41, 5.74) is 0.764. The first-order valence-corrected chi connectivity index (χ1v) is 7.98. The molecule has 1 aromatic rings. The van der Waals surface area contributed by atoms with Gasteiger partial charge in [0.05, 0.1) is 6.61 Å². The number of carbonyl (C=O) groups is 1. The molecule has 0 aromatic heterocycles. The molecule has 5 nitrogen and oxygen atoms in total. The number of nitrogens with one attached hydrogen (secondary N) is 2. The average molecular weight is 306 g/mol. The molecule has 0 bridgehead atoms. The van der Waals surface area contributed by atoms with Crippen LogP contribution in [0.5, 0.6) is 5.75 Å². The number of anilines is 1. The van der Waals surface area contributed by atoms with Crippen LogP contribution in [-0.4, -0.2) is 32.4 Å². The molecule has 22 heavy (non-hydrogen) atoms. The Morgan fingerprint density at radius 2 is 1.91 bits per heavy atom. The fourth-order valence-electron chi connectivity index (χ4n) is 2.74. The highest BCUT2D eigenvalue weighted by Crippen LogP contribution is 2.24. The van der Waals surface area contributed by atoms with Crippen molar-refractivity contribution in [3.05, 3.63) is 24.3 Å². The maximum Gasteiger partial charge on any atom is 0.319 e. The van der Waals surface area contributed by atoms with E-state index in [0.29, 0.717) is 19.1 Å². The zero-order valence-electron chi connectivity index (χ0n) is 13.4. The summed E-state index contributed by atoms with van der Waals surface area (Å²) in [5, 5.41) is 5.95. The molecule has 2 amide bonds. The van der Waals surface area contributed by atoms with Crippen molar-refractivity contribution in [2.45, 2.75) is 38.6 Å². The van der Waals surface area contributed by atoms with Crippen molar-refractivity contribution in [3.63, 3.8) is 0 Å². The summed E-state index contributed by atoms with van der Waals surface area (Å²) in [5.74, 6) is 1.32. The molecular weight excluding hydrogens is 280 g/mol. The summed E-state index contributed by atoms with van der Waals surface area (Å²) in [7, 11) is 1.64. The van der Waals surface area contributed by atoms with Gasteiger partial charge in [-0.3, -0.25) is 0 Å². The number of methoxy groups -OCH3 is 1. The van der Waals surface area contributed by atoms with Crippen LogP contribution >= 0.6 is 0 Å². The maximum absolute atomic E-state index is 12.1. The number of benzene rings is 1. The van der Waals surface area contributed by atoms with E-state index in [1.54, 1.807) is 7.11 Å². The topological polar surface area (TPSA) is 59.6 Å². The molecule has 1 aliphatic carbocycles. The SMILES string of the molecule is COCCOc1ccc(NC(=O)N[C@H]2CCCC[C@@H]2C)cc1. The highest BCUT2D eigenvalue weighted by Gasteiger charge is 2.22. The van der Waals surface area contributed by atoms with Crippen molar-refractivity contribution in [2.24, 2.45) is 5.92 Å². The molecular formula is C17H26N2O3. The third-order valence-electron chi connectivity index (χ3n) is 4.10. The molecule has 5 heteroatoms. The number of hydrogen-bond acceptors (Lipinski definition) is 3. The fraction of sp³-hybridized carbons (Fsp3) is 0.588. The van der Waals surface area contributed by atoms with Gasteiger partial charge in [0, 0.05) is 18.8 Å². The summed E-state index contributed by atoms with van der Waals surface area (Å²) in [6.45, 7) is 3.28. The van der Waals surface area contributed by atoms with Crippen LogP contribution in [0.3, 0.4) is 0 Å². The summed E-state index contributed by atoms with van der Waals surface area (Å²) in [6, 6.07) is 7.51. The molecule has 2 atom stereocenters. The first-order chi connectivity index (χ1) is 10.7. The molecule has 122 valence electrons. The van der Waals surface area contributed by atoms with E-state index in [1.807, 2.05) is 24.3 Å². The van der Waals surface area contributed by atoms with Crippen molar-refractivity contribution in [2.75, 3.05) is 25.6 Å². The maximum atomic E-state index is 12.1. The van der Waals surface area contributed by atoms with Crippen LogP contribution in [0.1, 0.15) is 32.6 Å². The summed E-state index contributed by atoms with van der Waals surface area (Å²) in [4.78, 5) is 12.1. The highest BCUT2D eigenvalue weighted by atomic mass is 16.5. The van der Waals surface area contributed by atoms with Gasteiger partial charge < -0.3 is 20.1 Å². The molecule has 0 unspecified atom stereocenters. The van der Waals surface area contributed by atoms with Gasteiger partial charge >= 0.3 is 6.03 Å². The van der Waals surface area contributed by atoms with E-state index < -0.39 is 0 Å². The van der Waals surface area contributed by atoms with Crippen LogP contribution < -0.4 is 15.4 Å². The summed E-state index contributed by atoms with van der Waals surface area (Å²) >= 11 is 0. The quantitative estimate of drug-likeness (QED) is 0.792. The minimum absolute atomic E-state index is 0.133. The van der Waals surface area contributed by atoms with Gasteiger partial charge in [0.25, 0.3) is 0 Å². The van der Waals surface area contributed by atoms with E-state index >= 15 is 0 Å². The molecule has 1 aliphatic rings. The van der Waals surface area contributed by atoms with Crippen molar-refractivity contribution in [1.82, 2.24) is 5.32 Å². The smallest absolute Gasteiger partial charge is 0.319 e. The lowest BCUT2D eigenvalue weighted by molar-refractivity contribution is 0.146. The molecule has 1 aromatic carbocycles. The van der Waals surface area contributed by atoms with Crippen molar-refractivity contribution < 1.29 is 14.3 Å². The Morgan fingerprint density at radius 3 is 2.59 bits per heavy atom. The monoisotopic (exact) mass is 306 g/mol. The zero-order chi connectivity index (χ0) is 15.8. The van der Waals surface area contributed by atoms with Crippen molar-refractivity contribution >= 4 is 11.7 Å². The van der Waals surface area contributed by atoms with Gasteiger partial charge in [-0.15, -0.1) is 0 Å². The Kier molecular flexibility index (Phi) is 6.52. The molecule has 1 fully saturated rings. The predicted molar refractivity (Wildman–Crippen MR) is 87.4 cm³/mol. The summed E-state index contributed by atoms with van der Waals surface area (Å²) < 4.78 is 10.4. The van der Waals surface area contributed by atoms with Gasteiger partial charge in [0.2, 0.25) is 0 Å². The average Bonchev–Trinajstić information content (AvgIpc) is 2.51. The van der Waals surface area contributed by atoms with Gasteiger partial charge in [-0.05, 0) is 43.0 Å². The lowest BCUT2D eigenvalue weighted by Crippen LogP contribution is -2.43. The molecule has 0 heterocycles. The standard InChI is InChI=1S/C17H26N2O3/c1-13-5-3-4-6-16(13)19-17(20)18-14-7-9-15(10-8-14)22-12-11-21-2/h7-10,13,16H,3-6,11-12H2,1-2H3,(H2,18,19,20)/t13-,16-/m0/s1. The molecule has 2 N–H and O–H groups in total. The highest BCUT2D eigenvalue weighted by molar-refractivity contribution is 5.89. The predicted octanol–water partition coefficient (Wildman–Crippen LogP) is 3.41. The molecule has 0 radical (unpaired) electrons. The van der Waals surface area contributed by atoms with Crippen molar-refractivity contribution in [1.29, 1.82) is 0 Å². The third-order valence-corrected chi connectivity index (χ3v) is 4.10. The Labute approximate surface area is 132 Å². The Hall–Kier alpha value is -1.75. The number of ether oxygens (including phenoxy) is 2. The largest absolute Gasteiger partial charge is 0.491 e. The first kappa shape index (κ1) is 16.6. The molecule has 1 saturated carbocycles. The second-order valence-corrected chi connectivity index (χ2v) is 5.83. The van der Waals surface area contributed by atoms with Gasteiger partial charge in [0.15, 0.2) is 0 Å². The second-order valence-electron chi connectivity index (χ2n) is 5.83. The number of hydrogen-bond donors (Lipinski definition) is 2. The van der Waals surface area contributed by atoms with Gasteiger partial charge in [0.1, 0.15) is 12.4 Å². The van der Waals surface area contributed by atoms with Crippen LogP contribution in [0.4, 0.5) is 10.5 Å². The second kappa shape index (κ2) is 8.63. The summed E-state index contributed by atoms with van der Waals surface area (Å²) in [6.07, 6.45) is 4.73. The lowest BCUT2D eigenvalue weighted by atomic mass is 9.86. The number of carbonyl (C=O) groups excluding carboxylic acids is 1.